The lowest BCUT2D eigenvalue weighted by Gasteiger charge is -2.13. The molecule has 0 bridgehead atoms. The molecule has 0 radical (unpaired) electrons. The van der Waals surface area contributed by atoms with Crippen LogP contribution in [0.2, 0.25) is 0 Å². The maximum atomic E-state index is 5.59. The number of hydrogen-bond donors (Lipinski definition) is 0. The first-order chi connectivity index (χ1) is 11.1. The minimum absolute atomic E-state index is 0.626. The lowest BCUT2D eigenvalue weighted by molar-refractivity contribution is 0.0540. The third-order valence-electron chi connectivity index (χ3n) is 3.58. The van der Waals surface area contributed by atoms with Gasteiger partial charge in [-0.1, -0.05) is 6.07 Å². The Balaban J connectivity index is 2.66. The number of hydrogen-bond acceptors (Lipinski definition) is 4. The Kier molecular flexibility index (Phi) is 9.33. The van der Waals surface area contributed by atoms with Gasteiger partial charge in [0.05, 0.1) is 39.0 Å². The van der Waals surface area contributed by atoms with E-state index in [4.69, 9.17) is 14.2 Å². The lowest BCUT2D eigenvalue weighted by Crippen LogP contribution is -2.14. The number of aliphatic imine (C=N–C) groups is 1. The van der Waals surface area contributed by atoms with E-state index in [0.717, 1.165) is 42.1 Å². The quantitative estimate of drug-likeness (QED) is 0.356. The normalized spacial score (nSPS) is 11.2. The second-order valence-corrected chi connectivity index (χ2v) is 5.33. The summed E-state index contributed by atoms with van der Waals surface area (Å²) in [5, 5.41) is 0. The molecule has 0 N–H and O–H groups in total. The molecule has 0 heterocycles. The van der Waals surface area contributed by atoms with E-state index in [-0.39, 0.29) is 0 Å². The molecule has 23 heavy (non-hydrogen) atoms. The molecule has 0 saturated heterocycles. The van der Waals surface area contributed by atoms with Crippen LogP contribution in [-0.2, 0) is 15.9 Å². The zero-order valence-corrected chi connectivity index (χ0v) is 15.1. The van der Waals surface area contributed by atoms with Crippen LogP contribution >= 0.6 is 0 Å². The predicted octanol–water partition coefficient (Wildman–Crippen LogP) is 3.21. The third kappa shape index (κ3) is 7.01. The molecular formula is C18H30N2O3. The molecule has 0 aliphatic rings. The SMILES string of the molecule is CCOCCOCCc1cc(C)c(N=CN(C)CC)cc1OC. The highest BCUT2D eigenvalue weighted by atomic mass is 16.5. The number of benzene rings is 1. The Bertz CT molecular complexity index is 489. The fraction of sp³-hybridized carbons (Fsp3) is 0.611. The Morgan fingerprint density at radius 1 is 1.13 bits per heavy atom. The van der Waals surface area contributed by atoms with Crippen LogP contribution < -0.4 is 4.74 Å². The fourth-order valence-electron chi connectivity index (χ4n) is 2.05. The number of aryl methyl sites for hydroxylation is 1. The molecule has 0 saturated carbocycles. The van der Waals surface area contributed by atoms with E-state index in [1.165, 1.54) is 0 Å². The van der Waals surface area contributed by atoms with Crippen LogP contribution in [0.5, 0.6) is 5.75 Å². The molecule has 130 valence electrons. The van der Waals surface area contributed by atoms with Crippen LogP contribution in [0, 0.1) is 6.92 Å². The number of nitrogens with zero attached hydrogens (tertiary/aromatic N) is 2. The van der Waals surface area contributed by atoms with Crippen molar-refractivity contribution in [2.75, 3.05) is 47.1 Å². The van der Waals surface area contributed by atoms with Crippen molar-refractivity contribution >= 4 is 12.0 Å². The summed E-state index contributed by atoms with van der Waals surface area (Å²) in [6, 6.07) is 4.12. The summed E-state index contributed by atoms with van der Waals surface area (Å²) in [5.41, 5.74) is 3.21. The van der Waals surface area contributed by atoms with E-state index in [0.29, 0.717) is 19.8 Å². The topological polar surface area (TPSA) is 43.3 Å². The molecule has 0 aromatic heterocycles. The van der Waals surface area contributed by atoms with Gasteiger partial charge in [0.1, 0.15) is 5.75 Å². The first kappa shape index (κ1) is 19.5. The summed E-state index contributed by atoms with van der Waals surface area (Å²) in [6.07, 6.45) is 2.66. The highest BCUT2D eigenvalue weighted by molar-refractivity contribution is 5.64. The summed E-state index contributed by atoms with van der Waals surface area (Å²) in [7, 11) is 3.69. The monoisotopic (exact) mass is 322 g/mol. The van der Waals surface area contributed by atoms with Crippen molar-refractivity contribution in [3.63, 3.8) is 0 Å². The van der Waals surface area contributed by atoms with Crippen molar-refractivity contribution < 1.29 is 14.2 Å². The van der Waals surface area contributed by atoms with Gasteiger partial charge in [0.15, 0.2) is 0 Å². The molecule has 0 atom stereocenters. The van der Waals surface area contributed by atoms with Gasteiger partial charge >= 0.3 is 0 Å². The summed E-state index contributed by atoms with van der Waals surface area (Å²) in [5.74, 6) is 0.857. The molecule has 5 heteroatoms. The van der Waals surface area contributed by atoms with Crippen molar-refractivity contribution in [2.24, 2.45) is 4.99 Å². The first-order valence-electron chi connectivity index (χ1n) is 8.19. The summed E-state index contributed by atoms with van der Waals surface area (Å²) < 4.78 is 16.3. The van der Waals surface area contributed by atoms with Gasteiger partial charge in [-0.05, 0) is 38.3 Å². The molecule has 1 aromatic carbocycles. The van der Waals surface area contributed by atoms with Crippen molar-refractivity contribution in [1.29, 1.82) is 0 Å². The van der Waals surface area contributed by atoms with Crippen molar-refractivity contribution in [3.8, 4) is 5.75 Å². The van der Waals surface area contributed by atoms with Crippen LogP contribution in [0.25, 0.3) is 0 Å². The van der Waals surface area contributed by atoms with Gasteiger partial charge in [0.2, 0.25) is 0 Å². The molecule has 0 amide bonds. The van der Waals surface area contributed by atoms with Gasteiger partial charge in [-0.15, -0.1) is 0 Å². The minimum Gasteiger partial charge on any atom is -0.496 e. The van der Waals surface area contributed by atoms with Crippen LogP contribution in [0.3, 0.4) is 0 Å². The van der Waals surface area contributed by atoms with E-state index < -0.39 is 0 Å². The molecule has 0 unspecified atom stereocenters. The Morgan fingerprint density at radius 2 is 1.87 bits per heavy atom. The van der Waals surface area contributed by atoms with Gasteiger partial charge < -0.3 is 19.1 Å². The molecule has 1 rings (SSSR count). The van der Waals surface area contributed by atoms with Crippen molar-refractivity contribution in [3.05, 3.63) is 23.3 Å². The van der Waals surface area contributed by atoms with E-state index in [9.17, 15) is 0 Å². The van der Waals surface area contributed by atoms with E-state index in [1.807, 2.05) is 31.3 Å². The number of methoxy groups -OCH3 is 1. The molecular weight excluding hydrogens is 292 g/mol. The van der Waals surface area contributed by atoms with Gasteiger partial charge in [-0.2, -0.15) is 0 Å². The minimum atomic E-state index is 0.626. The van der Waals surface area contributed by atoms with Crippen LogP contribution in [0.15, 0.2) is 17.1 Å². The predicted molar refractivity (Wildman–Crippen MR) is 95.2 cm³/mol. The molecule has 0 aliphatic carbocycles. The lowest BCUT2D eigenvalue weighted by atomic mass is 10.1. The molecule has 0 aliphatic heterocycles. The molecule has 0 fully saturated rings. The van der Waals surface area contributed by atoms with Gasteiger partial charge in [-0.25, -0.2) is 4.99 Å². The second kappa shape index (κ2) is 11.0. The highest BCUT2D eigenvalue weighted by Crippen LogP contribution is 2.29. The maximum Gasteiger partial charge on any atom is 0.124 e. The smallest absolute Gasteiger partial charge is 0.124 e. The standard InChI is InChI=1S/C18H30N2O3/c1-6-20(4)14-19-17-13-18(21-5)16(12-15(17)3)8-9-23-11-10-22-7-2/h12-14H,6-11H2,1-5H3. The summed E-state index contributed by atoms with van der Waals surface area (Å²) >= 11 is 0. The third-order valence-corrected chi connectivity index (χ3v) is 3.58. The number of ether oxygens (including phenoxy) is 3. The van der Waals surface area contributed by atoms with Crippen LogP contribution in [0.1, 0.15) is 25.0 Å². The zero-order chi connectivity index (χ0) is 17.1. The first-order valence-corrected chi connectivity index (χ1v) is 8.19. The van der Waals surface area contributed by atoms with Crippen molar-refractivity contribution in [1.82, 2.24) is 4.90 Å². The largest absolute Gasteiger partial charge is 0.496 e. The molecule has 1 aromatic rings. The van der Waals surface area contributed by atoms with Gasteiger partial charge in [0, 0.05) is 26.3 Å². The van der Waals surface area contributed by atoms with Crippen LogP contribution in [0.4, 0.5) is 5.69 Å². The Morgan fingerprint density at radius 3 is 2.52 bits per heavy atom. The number of rotatable bonds is 11. The Hall–Kier alpha value is -1.59. The van der Waals surface area contributed by atoms with E-state index in [1.54, 1.807) is 7.11 Å². The van der Waals surface area contributed by atoms with Gasteiger partial charge in [-0.3, -0.25) is 0 Å². The average molecular weight is 322 g/mol. The van der Waals surface area contributed by atoms with E-state index >= 15 is 0 Å². The van der Waals surface area contributed by atoms with E-state index in [2.05, 4.69) is 24.9 Å². The zero-order valence-electron chi connectivity index (χ0n) is 15.1. The fourth-order valence-corrected chi connectivity index (χ4v) is 2.05. The Labute approximate surface area is 140 Å². The maximum absolute atomic E-state index is 5.59. The average Bonchev–Trinajstić information content (AvgIpc) is 2.56. The molecule has 0 spiro atoms. The highest BCUT2D eigenvalue weighted by Gasteiger charge is 2.08. The van der Waals surface area contributed by atoms with Gasteiger partial charge in [0.25, 0.3) is 0 Å². The molecule has 5 nitrogen and oxygen atoms in total. The van der Waals surface area contributed by atoms with Crippen LogP contribution in [-0.4, -0.2) is 58.4 Å². The van der Waals surface area contributed by atoms with Crippen molar-refractivity contribution in [2.45, 2.75) is 27.2 Å². The summed E-state index contributed by atoms with van der Waals surface area (Å²) in [6.45, 7) is 9.72. The summed E-state index contributed by atoms with van der Waals surface area (Å²) in [4.78, 5) is 6.56. The second-order valence-electron chi connectivity index (χ2n) is 5.33.